The lowest BCUT2D eigenvalue weighted by molar-refractivity contribution is -0.274. The van der Waals surface area contributed by atoms with Gasteiger partial charge in [0.15, 0.2) is 11.6 Å². The molecular formula is C24H26F3N7O3. The lowest BCUT2D eigenvalue weighted by Crippen LogP contribution is -2.49. The molecule has 3 N–H and O–H groups in total. The van der Waals surface area contributed by atoms with E-state index < -0.39 is 23.3 Å². The number of amides is 2. The van der Waals surface area contributed by atoms with E-state index in [-0.39, 0.29) is 11.8 Å². The van der Waals surface area contributed by atoms with Crippen LogP contribution in [0.2, 0.25) is 0 Å². The molecule has 3 aromatic rings. The smallest absolute Gasteiger partial charge is 0.402 e. The molecule has 196 valence electrons. The third-order valence-electron chi connectivity index (χ3n) is 6.58. The van der Waals surface area contributed by atoms with Crippen molar-refractivity contribution >= 4 is 11.8 Å². The molecule has 3 aromatic heterocycles. The minimum absolute atomic E-state index is 0.246. The minimum atomic E-state index is -4.90. The number of carbonyl (C=O) groups excluding carboxylic acids is 1. The summed E-state index contributed by atoms with van der Waals surface area (Å²) in [5.41, 5.74) is 6.28. The molecule has 0 radical (unpaired) electrons. The number of nitrogens with two attached hydrogens (primary N) is 1. The number of likely N-dealkylation sites (tertiary alicyclic amines) is 1. The van der Waals surface area contributed by atoms with Crippen molar-refractivity contribution in [2.75, 3.05) is 25.4 Å². The second kappa shape index (κ2) is 8.91. The van der Waals surface area contributed by atoms with Gasteiger partial charge in [-0.2, -0.15) is 5.10 Å². The van der Waals surface area contributed by atoms with Crippen molar-refractivity contribution < 1.29 is 27.4 Å². The highest BCUT2D eigenvalue weighted by Crippen LogP contribution is 2.40. The molecule has 1 saturated heterocycles. The van der Waals surface area contributed by atoms with Gasteiger partial charge in [0.1, 0.15) is 5.60 Å². The number of fused-ring (bicyclic) bond motifs is 2. The Balaban J connectivity index is 1.37. The molecule has 1 fully saturated rings. The lowest BCUT2D eigenvalue weighted by Gasteiger charge is -2.34. The summed E-state index contributed by atoms with van der Waals surface area (Å²) in [6, 6.07) is 8.20. The average Bonchev–Trinajstić information content (AvgIpc) is 3.46. The molecule has 1 atom stereocenters. The van der Waals surface area contributed by atoms with Crippen LogP contribution in [0.15, 0.2) is 42.7 Å². The molecule has 2 amide bonds. The van der Waals surface area contributed by atoms with Crippen molar-refractivity contribution in [2.45, 2.75) is 44.3 Å². The van der Waals surface area contributed by atoms with E-state index in [0.717, 1.165) is 17.5 Å². The average molecular weight is 518 g/mol. The van der Waals surface area contributed by atoms with Crippen molar-refractivity contribution in [1.29, 1.82) is 0 Å². The number of hydrogen-bond acceptors (Lipinski definition) is 7. The number of nitrogens with one attached hydrogen (secondary N) is 1. The van der Waals surface area contributed by atoms with Gasteiger partial charge >= 0.3 is 12.4 Å². The Morgan fingerprint density at radius 2 is 2.03 bits per heavy atom. The van der Waals surface area contributed by atoms with Crippen molar-refractivity contribution in [3.8, 4) is 17.0 Å². The topological polar surface area (TPSA) is 120 Å². The lowest BCUT2D eigenvalue weighted by atomic mass is 9.96. The Bertz CT molecular complexity index is 1310. The maximum absolute atomic E-state index is 13.2. The summed E-state index contributed by atoms with van der Waals surface area (Å²) >= 11 is 0. The first-order valence-corrected chi connectivity index (χ1v) is 11.7. The van der Waals surface area contributed by atoms with Crippen LogP contribution in [0.5, 0.6) is 5.75 Å². The predicted octanol–water partition coefficient (Wildman–Crippen LogP) is 3.40. The summed E-state index contributed by atoms with van der Waals surface area (Å²) in [5, 5.41) is 7.61. The van der Waals surface area contributed by atoms with E-state index in [1.165, 1.54) is 6.20 Å². The Morgan fingerprint density at radius 3 is 2.76 bits per heavy atom. The number of anilines is 1. The van der Waals surface area contributed by atoms with E-state index in [2.05, 4.69) is 25.1 Å². The minimum Gasteiger partial charge on any atom is -0.402 e. The fourth-order valence-electron chi connectivity index (χ4n) is 4.72. The molecule has 1 spiro atoms. The van der Waals surface area contributed by atoms with Gasteiger partial charge in [-0.05, 0) is 38.1 Å². The summed E-state index contributed by atoms with van der Waals surface area (Å²) in [6.07, 6.45) is -1.34. The third-order valence-corrected chi connectivity index (χ3v) is 6.58. The Hall–Kier alpha value is -3.87. The van der Waals surface area contributed by atoms with Gasteiger partial charge in [0.05, 0.1) is 42.3 Å². The van der Waals surface area contributed by atoms with Crippen LogP contribution in [-0.4, -0.2) is 56.7 Å². The van der Waals surface area contributed by atoms with E-state index in [0.29, 0.717) is 43.9 Å². The first-order valence-electron chi connectivity index (χ1n) is 11.7. The largest absolute Gasteiger partial charge is 0.573 e. The van der Waals surface area contributed by atoms with Crippen LogP contribution in [0.1, 0.15) is 31.7 Å². The fourth-order valence-corrected chi connectivity index (χ4v) is 4.72. The second-order valence-corrected chi connectivity index (χ2v) is 9.58. The number of hydrogen-bond donors (Lipinski definition) is 2. The van der Waals surface area contributed by atoms with Gasteiger partial charge in [-0.3, -0.25) is 9.67 Å². The molecule has 0 bridgehead atoms. The molecular weight excluding hydrogens is 491 g/mol. The highest BCUT2D eigenvalue weighted by Gasteiger charge is 2.47. The maximum atomic E-state index is 13.2. The van der Waals surface area contributed by atoms with E-state index in [1.54, 1.807) is 21.8 Å². The summed E-state index contributed by atoms with van der Waals surface area (Å²) in [7, 11) is 0. The molecule has 5 heterocycles. The van der Waals surface area contributed by atoms with Crippen LogP contribution >= 0.6 is 0 Å². The molecule has 2 aliphatic rings. The third kappa shape index (κ3) is 4.90. The number of pyridine rings is 2. The molecule has 2 aliphatic heterocycles. The van der Waals surface area contributed by atoms with Crippen molar-refractivity contribution in [1.82, 2.24) is 30.0 Å². The molecule has 37 heavy (non-hydrogen) atoms. The van der Waals surface area contributed by atoms with Crippen molar-refractivity contribution in [3.05, 3.63) is 54.1 Å². The zero-order chi connectivity index (χ0) is 26.4. The number of carbonyl (C=O) groups is 1. The second-order valence-electron chi connectivity index (χ2n) is 9.58. The van der Waals surface area contributed by atoms with E-state index >= 15 is 0 Å². The highest BCUT2D eigenvalue weighted by molar-refractivity contribution is 5.76. The summed E-state index contributed by atoms with van der Waals surface area (Å²) < 4.78 is 50.2. The summed E-state index contributed by atoms with van der Waals surface area (Å²) in [6.45, 7) is 5.36. The molecule has 0 aliphatic carbocycles. The van der Waals surface area contributed by atoms with Gasteiger partial charge in [0, 0.05) is 30.9 Å². The molecule has 13 heteroatoms. The number of halogens is 3. The van der Waals surface area contributed by atoms with E-state index in [4.69, 9.17) is 10.5 Å². The fraction of sp³-hybridized carbons (Fsp3) is 0.417. The quantitative estimate of drug-likeness (QED) is 0.544. The number of ether oxygens (including phenoxy) is 2. The predicted molar refractivity (Wildman–Crippen MR) is 126 cm³/mol. The van der Waals surface area contributed by atoms with E-state index in [9.17, 15) is 18.0 Å². The molecule has 5 rings (SSSR count). The van der Waals surface area contributed by atoms with Gasteiger partial charge in [-0.25, -0.2) is 9.78 Å². The summed E-state index contributed by atoms with van der Waals surface area (Å²) in [4.78, 5) is 23.0. The van der Waals surface area contributed by atoms with Gasteiger partial charge < -0.3 is 25.4 Å². The number of rotatable bonds is 4. The van der Waals surface area contributed by atoms with Gasteiger partial charge in [0.2, 0.25) is 0 Å². The number of nitrogen functional groups attached to an aromatic ring is 1. The van der Waals surface area contributed by atoms with Crippen LogP contribution in [0.25, 0.3) is 11.3 Å². The summed E-state index contributed by atoms with van der Waals surface area (Å²) in [5.74, 6) is -0.975. The van der Waals surface area contributed by atoms with Gasteiger partial charge in [-0.1, -0.05) is 6.07 Å². The number of nitrogens with zero attached hydrogens (tertiary/aromatic N) is 5. The number of aromatic nitrogens is 4. The van der Waals surface area contributed by atoms with Crippen LogP contribution in [-0.2, 0) is 22.4 Å². The monoisotopic (exact) mass is 517 g/mol. The standard InChI is InChI=1S/C24H26F3N7O3/c1-22(2,18-5-3-4-7-29-18)31-21(35)33-8-6-23(14-33)19-12-16(32-34(19)9-10-36-23)15-11-17(20(28)30-13-15)37-24(25,26)27/h3-5,7,11-13H,6,8-10,14H2,1-2H3,(H2,28,30)(H,31,35)/t23-/m1/s1. The van der Waals surface area contributed by atoms with Crippen LogP contribution < -0.4 is 15.8 Å². The van der Waals surface area contributed by atoms with Crippen LogP contribution in [0.4, 0.5) is 23.8 Å². The molecule has 10 nitrogen and oxygen atoms in total. The first kappa shape index (κ1) is 24.8. The van der Waals surface area contributed by atoms with Gasteiger partial charge in [-0.15, -0.1) is 13.2 Å². The van der Waals surface area contributed by atoms with Gasteiger partial charge in [0.25, 0.3) is 0 Å². The van der Waals surface area contributed by atoms with Crippen LogP contribution in [0, 0.1) is 0 Å². The Morgan fingerprint density at radius 1 is 1.22 bits per heavy atom. The number of urea groups is 1. The first-order chi connectivity index (χ1) is 17.5. The highest BCUT2D eigenvalue weighted by atomic mass is 19.4. The molecule has 0 aromatic carbocycles. The van der Waals surface area contributed by atoms with E-state index in [1.807, 2.05) is 32.0 Å². The zero-order valence-electron chi connectivity index (χ0n) is 20.2. The van der Waals surface area contributed by atoms with Crippen molar-refractivity contribution in [2.24, 2.45) is 0 Å². The molecule has 0 saturated carbocycles. The Kier molecular flexibility index (Phi) is 5.97. The zero-order valence-corrected chi connectivity index (χ0v) is 20.2. The normalized spacial score (nSPS) is 19.6. The molecule has 0 unspecified atom stereocenters. The van der Waals surface area contributed by atoms with Crippen molar-refractivity contribution in [3.63, 3.8) is 0 Å². The number of alkyl halides is 3. The van der Waals surface area contributed by atoms with Crippen LogP contribution in [0.3, 0.4) is 0 Å². The maximum Gasteiger partial charge on any atom is 0.573 e. The SMILES string of the molecule is CC(C)(NC(=O)N1CC[C@]2(C1)OCCn1nc(-c3cnc(N)c(OC(F)(F)F)c3)cc12)c1ccccn1. The Labute approximate surface area is 210 Å².